The van der Waals surface area contributed by atoms with Crippen molar-refractivity contribution in [3.63, 3.8) is 0 Å². The number of nitrogens with zero attached hydrogens (tertiary/aromatic N) is 3. The van der Waals surface area contributed by atoms with Crippen LogP contribution in [0.4, 0.5) is 0 Å². The van der Waals surface area contributed by atoms with Crippen LogP contribution in [-0.2, 0) is 0 Å². The van der Waals surface area contributed by atoms with Crippen LogP contribution in [0, 0.1) is 17.2 Å². The van der Waals surface area contributed by atoms with Crippen LogP contribution in [0.15, 0.2) is 12.4 Å². The third-order valence-electron chi connectivity index (χ3n) is 2.62. The van der Waals surface area contributed by atoms with E-state index in [1.165, 1.54) is 0 Å². The molecule has 1 heterocycles. The van der Waals surface area contributed by atoms with E-state index in [-0.39, 0.29) is 0 Å². The molecule has 0 aliphatic rings. The molecule has 0 saturated heterocycles. The Labute approximate surface area is 79.0 Å². The van der Waals surface area contributed by atoms with Crippen LogP contribution in [0.3, 0.4) is 0 Å². The van der Waals surface area contributed by atoms with Crippen LogP contribution in [0.25, 0.3) is 0 Å². The first-order chi connectivity index (χ1) is 6.19. The maximum Gasteiger partial charge on any atom is 0.102 e. The molecule has 3 nitrogen and oxygen atoms in total. The normalized spacial score (nSPS) is 14.9. The lowest BCUT2D eigenvalue weighted by atomic mass is 10.0. The first-order valence-electron chi connectivity index (χ1n) is 4.63. The van der Waals surface area contributed by atoms with Crippen molar-refractivity contribution in [3.8, 4) is 6.07 Å². The van der Waals surface area contributed by atoms with Gasteiger partial charge in [-0.1, -0.05) is 20.3 Å². The Balaban J connectivity index is 2.78. The average Bonchev–Trinajstić information content (AvgIpc) is 2.63. The van der Waals surface area contributed by atoms with E-state index < -0.39 is 0 Å². The second kappa shape index (κ2) is 4.08. The van der Waals surface area contributed by atoms with Gasteiger partial charge < -0.3 is 0 Å². The van der Waals surface area contributed by atoms with Crippen LogP contribution >= 0.6 is 0 Å². The molecular formula is C10H15N3. The molecule has 3 heteroatoms. The van der Waals surface area contributed by atoms with Gasteiger partial charge in [-0.25, -0.2) is 0 Å². The van der Waals surface area contributed by atoms with Gasteiger partial charge >= 0.3 is 0 Å². The summed E-state index contributed by atoms with van der Waals surface area (Å²) in [7, 11) is 0. The highest BCUT2D eigenvalue weighted by Crippen LogP contribution is 2.19. The van der Waals surface area contributed by atoms with Crippen LogP contribution in [0.5, 0.6) is 0 Å². The molecule has 0 aliphatic heterocycles. The number of nitriles is 1. The van der Waals surface area contributed by atoms with Gasteiger partial charge in [0.25, 0.3) is 0 Å². The van der Waals surface area contributed by atoms with E-state index in [1.54, 1.807) is 12.4 Å². The first-order valence-corrected chi connectivity index (χ1v) is 4.63. The quantitative estimate of drug-likeness (QED) is 0.711. The molecule has 0 saturated carbocycles. The van der Waals surface area contributed by atoms with E-state index in [2.05, 4.69) is 31.9 Å². The molecule has 1 aromatic rings. The lowest BCUT2D eigenvalue weighted by Crippen LogP contribution is -2.13. The lowest BCUT2D eigenvalue weighted by molar-refractivity contribution is 0.343. The molecule has 0 amide bonds. The minimum Gasteiger partial charge on any atom is -0.268 e. The molecule has 2 atom stereocenters. The van der Waals surface area contributed by atoms with E-state index in [0.717, 1.165) is 6.42 Å². The molecule has 0 radical (unpaired) electrons. The van der Waals surface area contributed by atoms with Crippen molar-refractivity contribution in [3.05, 3.63) is 18.0 Å². The van der Waals surface area contributed by atoms with Gasteiger partial charge in [0, 0.05) is 6.20 Å². The van der Waals surface area contributed by atoms with E-state index >= 15 is 0 Å². The van der Waals surface area contributed by atoms with Gasteiger partial charge in [0.15, 0.2) is 0 Å². The lowest BCUT2D eigenvalue weighted by Gasteiger charge is -2.18. The summed E-state index contributed by atoms with van der Waals surface area (Å²) in [6, 6.07) is 2.44. The van der Waals surface area contributed by atoms with Crippen LogP contribution in [0.1, 0.15) is 38.8 Å². The third-order valence-corrected chi connectivity index (χ3v) is 2.62. The highest BCUT2D eigenvalue weighted by Gasteiger charge is 2.12. The maximum atomic E-state index is 8.63. The molecular weight excluding hydrogens is 162 g/mol. The summed E-state index contributed by atoms with van der Waals surface area (Å²) in [5.41, 5.74) is 0.634. The molecule has 1 rings (SSSR count). The average molecular weight is 177 g/mol. The maximum absolute atomic E-state index is 8.63. The van der Waals surface area contributed by atoms with Gasteiger partial charge in [-0.3, -0.25) is 4.68 Å². The fourth-order valence-electron chi connectivity index (χ4n) is 1.22. The molecule has 0 fully saturated rings. The Morgan fingerprint density at radius 2 is 2.31 bits per heavy atom. The fraction of sp³-hybridized carbons (Fsp3) is 0.600. The second-order valence-electron chi connectivity index (χ2n) is 3.45. The molecule has 0 spiro atoms. The van der Waals surface area contributed by atoms with E-state index in [9.17, 15) is 0 Å². The zero-order chi connectivity index (χ0) is 9.84. The summed E-state index contributed by atoms with van der Waals surface area (Å²) < 4.78 is 1.87. The van der Waals surface area contributed by atoms with Gasteiger partial charge in [-0.15, -0.1) is 0 Å². The summed E-state index contributed by atoms with van der Waals surface area (Å²) in [4.78, 5) is 0. The van der Waals surface area contributed by atoms with Gasteiger partial charge in [0.05, 0.1) is 17.8 Å². The van der Waals surface area contributed by atoms with Crippen molar-refractivity contribution in [2.24, 2.45) is 5.92 Å². The minimum absolute atomic E-state index is 0.368. The summed E-state index contributed by atoms with van der Waals surface area (Å²) in [6.07, 6.45) is 4.54. The summed E-state index contributed by atoms with van der Waals surface area (Å²) >= 11 is 0. The van der Waals surface area contributed by atoms with Crippen LogP contribution in [-0.4, -0.2) is 9.78 Å². The monoisotopic (exact) mass is 177 g/mol. The standard InChI is InChI=1S/C10H15N3/c1-4-8(2)9(3)13-7-10(5-11)6-12-13/h6-9H,4H2,1-3H3. The molecule has 2 unspecified atom stereocenters. The minimum atomic E-state index is 0.368. The SMILES string of the molecule is CCC(C)C(C)n1cc(C#N)cn1. The Bertz CT molecular complexity index is 308. The van der Waals surface area contributed by atoms with E-state index in [4.69, 9.17) is 5.26 Å². The summed E-state index contributed by atoms with van der Waals surface area (Å²) in [5, 5.41) is 12.8. The first kappa shape index (κ1) is 9.79. The molecule has 0 bridgehead atoms. The summed E-state index contributed by atoms with van der Waals surface area (Å²) in [5.74, 6) is 0.589. The third kappa shape index (κ3) is 2.09. The van der Waals surface area contributed by atoms with Gasteiger partial charge in [-0.2, -0.15) is 10.4 Å². The predicted octanol–water partition coefficient (Wildman–Crippen LogP) is 2.36. The van der Waals surface area contributed by atoms with Crippen molar-refractivity contribution in [2.45, 2.75) is 33.2 Å². The van der Waals surface area contributed by atoms with Crippen molar-refractivity contribution in [1.82, 2.24) is 9.78 Å². The summed E-state index contributed by atoms with van der Waals surface area (Å²) in [6.45, 7) is 6.48. The second-order valence-corrected chi connectivity index (χ2v) is 3.45. The van der Waals surface area contributed by atoms with Crippen LogP contribution in [0.2, 0.25) is 0 Å². The van der Waals surface area contributed by atoms with Crippen molar-refractivity contribution >= 4 is 0 Å². The zero-order valence-corrected chi connectivity index (χ0v) is 8.36. The highest BCUT2D eigenvalue weighted by molar-refractivity contribution is 5.21. The largest absolute Gasteiger partial charge is 0.268 e. The molecule has 0 aliphatic carbocycles. The number of rotatable bonds is 3. The van der Waals surface area contributed by atoms with E-state index in [0.29, 0.717) is 17.5 Å². The number of hydrogen-bond donors (Lipinski definition) is 0. The van der Waals surface area contributed by atoms with Crippen molar-refractivity contribution < 1.29 is 0 Å². The molecule has 0 aromatic carbocycles. The molecule has 13 heavy (non-hydrogen) atoms. The Morgan fingerprint density at radius 3 is 2.77 bits per heavy atom. The topological polar surface area (TPSA) is 41.6 Å². The van der Waals surface area contributed by atoms with Gasteiger partial charge in [-0.05, 0) is 12.8 Å². The van der Waals surface area contributed by atoms with Gasteiger partial charge in [0.1, 0.15) is 6.07 Å². The zero-order valence-electron chi connectivity index (χ0n) is 8.36. The molecule has 1 aromatic heterocycles. The highest BCUT2D eigenvalue weighted by atomic mass is 15.3. The fourth-order valence-corrected chi connectivity index (χ4v) is 1.22. The smallest absolute Gasteiger partial charge is 0.102 e. The Hall–Kier alpha value is -1.30. The van der Waals surface area contributed by atoms with Gasteiger partial charge in [0.2, 0.25) is 0 Å². The van der Waals surface area contributed by atoms with Crippen LogP contribution < -0.4 is 0 Å². The van der Waals surface area contributed by atoms with Crippen molar-refractivity contribution in [2.75, 3.05) is 0 Å². The number of aromatic nitrogens is 2. The van der Waals surface area contributed by atoms with Crippen molar-refractivity contribution in [1.29, 1.82) is 5.26 Å². The number of hydrogen-bond acceptors (Lipinski definition) is 2. The molecule has 0 N–H and O–H groups in total. The van der Waals surface area contributed by atoms with E-state index in [1.807, 2.05) is 4.68 Å². The Kier molecular flexibility index (Phi) is 3.07. The molecule has 70 valence electrons. The predicted molar refractivity (Wildman–Crippen MR) is 51.1 cm³/mol. The Morgan fingerprint density at radius 1 is 1.62 bits per heavy atom.